The number of carbonyl (C=O) groups is 1. The summed E-state index contributed by atoms with van der Waals surface area (Å²) in [6.45, 7) is 6.25. The standard InChI is InChI=1S/C23H28FN5O/c1-13(2)28-23-19-18(11-25-22(19)26-12-27-23)20(30)17-9-8-16(29-21(17)24)10-15-6-4-14(3)5-7-15/h8-9,11-15H,4-7,10H2,1-3H3,(H2,25,26,27,28). The minimum absolute atomic E-state index is 0.0312. The number of ketones is 1. The van der Waals surface area contributed by atoms with Crippen molar-refractivity contribution in [2.75, 3.05) is 5.32 Å². The van der Waals surface area contributed by atoms with Crippen molar-refractivity contribution in [2.45, 2.75) is 58.9 Å². The van der Waals surface area contributed by atoms with E-state index in [1.54, 1.807) is 18.3 Å². The molecule has 158 valence electrons. The average Bonchev–Trinajstić information content (AvgIpc) is 3.14. The summed E-state index contributed by atoms with van der Waals surface area (Å²) in [7, 11) is 0. The van der Waals surface area contributed by atoms with Crippen LogP contribution in [0.5, 0.6) is 0 Å². The van der Waals surface area contributed by atoms with Crippen LogP contribution in [0.15, 0.2) is 24.7 Å². The van der Waals surface area contributed by atoms with Gasteiger partial charge in [0, 0.05) is 17.9 Å². The molecule has 0 saturated heterocycles. The van der Waals surface area contributed by atoms with Gasteiger partial charge in [0.25, 0.3) is 0 Å². The Hall–Kier alpha value is -2.83. The topological polar surface area (TPSA) is 83.6 Å². The fourth-order valence-corrected chi connectivity index (χ4v) is 4.25. The first-order valence-electron chi connectivity index (χ1n) is 10.7. The van der Waals surface area contributed by atoms with Gasteiger partial charge in [-0.25, -0.2) is 15.0 Å². The van der Waals surface area contributed by atoms with Crippen molar-refractivity contribution >= 4 is 22.6 Å². The first-order chi connectivity index (χ1) is 14.4. The van der Waals surface area contributed by atoms with E-state index in [0.29, 0.717) is 34.0 Å². The number of carbonyl (C=O) groups excluding carboxylic acids is 1. The number of aromatic amines is 1. The van der Waals surface area contributed by atoms with Gasteiger partial charge in [-0.2, -0.15) is 4.39 Å². The van der Waals surface area contributed by atoms with Crippen LogP contribution in [-0.4, -0.2) is 31.8 Å². The molecule has 1 aliphatic carbocycles. The lowest BCUT2D eigenvalue weighted by Crippen LogP contribution is -2.16. The highest BCUT2D eigenvalue weighted by Gasteiger charge is 2.23. The van der Waals surface area contributed by atoms with E-state index in [0.717, 1.165) is 25.2 Å². The van der Waals surface area contributed by atoms with Crippen LogP contribution in [0, 0.1) is 17.8 Å². The summed E-state index contributed by atoms with van der Waals surface area (Å²) >= 11 is 0. The van der Waals surface area contributed by atoms with Crippen molar-refractivity contribution in [3.63, 3.8) is 0 Å². The quantitative estimate of drug-likeness (QED) is 0.446. The molecule has 7 heteroatoms. The van der Waals surface area contributed by atoms with Crippen LogP contribution in [0.1, 0.15) is 68.1 Å². The predicted octanol–water partition coefficient (Wildman–Crippen LogP) is 4.91. The van der Waals surface area contributed by atoms with Crippen LogP contribution in [0.3, 0.4) is 0 Å². The van der Waals surface area contributed by atoms with E-state index in [-0.39, 0.29) is 11.6 Å². The van der Waals surface area contributed by atoms with Crippen molar-refractivity contribution in [3.8, 4) is 0 Å². The number of rotatable bonds is 6. The number of aromatic nitrogens is 4. The van der Waals surface area contributed by atoms with Crippen molar-refractivity contribution in [1.29, 1.82) is 0 Å². The van der Waals surface area contributed by atoms with Gasteiger partial charge >= 0.3 is 0 Å². The molecule has 3 aromatic heterocycles. The number of nitrogens with one attached hydrogen (secondary N) is 2. The van der Waals surface area contributed by atoms with E-state index < -0.39 is 11.7 Å². The van der Waals surface area contributed by atoms with Gasteiger partial charge in [-0.3, -0.25) is 4.79 Å². The van der Waals surface area contributed by atoms with Gasteiger partial charge in [0.1, 0.15) is 17.8 Å². The summed E-state index contributed by atoms with van der Waals surface area (Å²) in [5.74, 6) is 0.736. The van der Waals surface area contributed by atoms with E-state index in [1.165, 1.54) is 19.2 Å². The van der Waals surface area contributed by atoms with Crippen molar-refractivity contribution in [1.82, 2.24) is 19.9 Å². The highest BCUT2D eigenvalue weighted by atomic mass is 19.1. The molecule has 1 aliphatic rings. The third-order valence-electron chi connectivity index (χ3n) is 5.92. The van der Waals surface area contributed by atoms with E-state index in [2.05, 4.69) is 32.2 Å². The molecule has 0 atom stereocenters. The molecule has 1 fully saturated rings. The molecule has 0 bridgehead atoms. The maximum atomic E-state index is 14.8. The third-order valence-corrected chi connectivity index (χ3v) is 5.92. The first-order valence-corrected chi connectivity index (χ1v) is 10.7. The zero-order valence-electron chi connectivity index (χ0n) is 17.7. The van der Waals surface area contributed by atoms with Gasteiger partial charge in [-0.15, -0.1) is 0 Å². The Kier molecular flexibility index (Phi) is 5.79. The Morgan fingerprint density at radius 1 is 1.20 bits per heavy atom. The molecular formula is C23H28FN5O. The molecule has 3 heterocycles. The number of hydrogen-bond donors (Lipinski definition) is 2. The number of H-pyrrole nitrogens is 1. The van der Waals surface area contributed by atoms with E-state index in [1.807, 2.05) is 13.8 Å². The third kappa shape index (κ3) is 4.20. The molecule has 30 heavy (non-hydrogen) atoms. The molecule has 0 unspecified atom stereocenters. The summed E-state index contributed by atoms with van der Waals surface area (Å²) in [6.07, 6.45) is 8.52. The van der Waals surface area contributed by atoms with Gasteiger partial charge in [0.2, 0.25) is 5.95 Å². The van der Waals surface area contributed by atoms with Crippen LogP contribution in [0.25, 0.3) is 11.0 Å². The van der Waals surface area contributed by atoms with Gasteiger partial charge in [0.05, 0.1) is 16.5 Å². The van der Waals surface area contributed by atoms with Crippen LogP contribution in [-0.2, 0) is 6.42 Å². The minimum atomic E-state index is -0.716. The highest BCUT2D eigenvalue weighted by Crippen LogP contribution is 2.31. The molecule has 0 aromatic carbocycles. The lowest BCUT2D eigenvalue weighted by atomic mass is 9.81. The molecule has 4 rings (SSSR count). The van der Waals surface area contributed by atoms with Gasteiger partial charge in [0.15, 0.2) is 5.78 Å². The molecule has 2 N–H and O–H groups in total. The monoisotopic (exact) mass is 409 g/mol. The molecule has 0 aliphatic heterocycles. The number of anilines is 1. The second kappa shape index (κ2) is 8.50. The van der Waals surface area contributed by atoms with Crippen LogP contribution in [0.2, 0.25) is 0 Å². The smallest absolute Gasteiger partial charge is 0.224 e. The Morgan fingerprint density at radius 3 is 2.67 bits per heavy atom. The maximum Gasteiger partial charge on any atom is 0.224 e. The molecule has 0 spiro atoms. The summed E-state index contributed by atoms with van der Waals surface area (Å²) in [5.41, 5.74) is 1.56. The summed E-state index contributed by atoms with van der Waals surface area (Å²) in [6, 6.07) is 3.47. The SMILES string of the molecule is CC1CCC(Cc2ccc(C(=O)c3c[nH]c4ncnc(NC(C)C)c34)c(F)n2)CC1. The normalized spacial score (nSPS) is 19.4. The molecule has 6 nitrogen and oxygen atoms in total. The molecule has 3 aromatic rings. The van der Waals surface area contributed by atoms with Gasteiger partial charge in [-0.05, 0) is 57.1 Å². The predicted molar refractivity (Wildman–Crippen MR) is 115 cm³/mol. The fourth-order valence-electron chi connectivity index (χ4n) is 4.25. The Balaban J connectivity index is 1.59. The van der Waals surface area contributed by atoms with E-state index >= 15 is 0 Å². The number of halogens is 1. The summed E-state index contributed by atoms with van der Waals surface area (Å²) < 4.78 is 14.8. The zero-order chi connectivity index (χ0) is 21.3. The molecule has 0 radical (unpaired) electrons. The van der Waals surface area contributed by atoms with Crippen molar-refractivity contribution in [3.05, 3.63) is 47.4 Å². The second-order valence-corrected chi connectivity index (χ2v) is 8.75. The number of nitrogens with zero attached hydrogens (tertiary/aromatic N) is 3. The van der Waals surface area contributed by atoms with E-state index in [4.69, 9.17) is 0 Å². The Bertz CT molecular complexity index is 1050. The Morgan fingerprint density at radius 2 is 1.97 bits per heavy atom. The van der Waals surface area contributed by atoms with Gasteiger partial charge < -0.3 is 10.3 Å². The molecule has 0 amide bonds. The lowest BCUT2D eigenvalue weighted by Gasteiger charge is -2.25. The zero-order valence-corrected chi connectivity index (χ0v) is 17.7. The van der Waals surface area contributed by atoms with Crippen LogP contribution < -0.4 is 5.32 Å². The molecular weight excluding hydrogens is 381 g/mol. The molecule has 1 saturated carbocycles. The van der Waals surface area contributed by atoms with E-state index in [9.17, 15) is 9.18 Å². The summed E-state index contributed by atoms with van der Waals surface area (Å²) in [5, 5.41) is 3.79. The largest absolute Gasteiger partial charge is 0.367 e. The average molecular weight is 410 g/mol. The minimum Gasteiger partial charge on any atom is -0.367 e. The highest BCUT2D eigenvalue weighted by molar-refractivity contribution is 6.18. The summed E-state index contributed by atoms with van der Waals surface area (Å²) in [4.78, 5) is 28.7. The van der Waals surface area contributed by atoms with Crippen LogP contribution >= 0.6 is 0 Å². The number of pyridine rings is 1. The maximum absolute atomic E-state index is 14.8. The lowest BCUT2D eigenvalue weighted by molar-refractivity contribution is 0.103. The fraction of sp³-hybridized carbons (Fsp3) is 0.478. The van der Waals surface area contributed by atoms with Crippen LogP contribution in [0.4, 0.5) is 10.2 Å². The first kappa shape index (κ1) is 20.4. The number of hydrogen-bond acceptors (Lipinski definition) is 5. The van der Waals surface area contributed by atoms with Crippen molar-refractivity contribution in [2.24, 2.45) is 11.8 Å². The second-order valence-electron chi connectivity index (χ2n) is 8.75. The van der Waals surface area contributed by atoms with Gasteiger partial charge in [-0.1, -0.05) is 19.8 Å². The number of fused-ring (bicyclic) bond motifs is 1. The Labute approximate surface area is 175 Å². The van der Waals surface area contributed by atoms with Crippen molar-refractivity contribution < 1.29 is 9.18 Å².